The zero-order chi connectivity index (χ0) is 17.5. The smallest absolute Gasteiger partial charge is 0.193 e. The Morgan fingerprint density at radius 1 is 1.24 bits per heavy atom. The van der Waals surface area contributed by atoms with Crippen LogP contribution in [0.25, 0.3) is 0 Å². The molecule has 3 N–H and O–H groups in total. The zero-order valence-corrected chi connectivity index (χ0v) is 16.5. The Morgan fingerprint density at radius 2 is 1.96 bits per heavy atom. The summed E-state index contributed by atoms with van der Waals surface area (Å²) in [7, 11) is 1.62. The van der Waals surface area contributed by atoms with Gasteiger partial charge in [-0.3, -0.25) is 4.99 Å². The maximum atomic E-state index is 13.8. The van der Waals surface area contributed by atoms with Crippen LogP contribution >= 0.6 is 24.0 Å². The molecule has 7 heteroatoms. The van der Waals surface area contributed by atoms with Crippen LogP contribution in [0, 0.1) is 11.6 Å². The molecule has 0 spiro atoms. The summed E-state index contributed by atoms with van der Waals surface area (Å²) in [5.74, 6) is -1.16. The molecule has 0 aromatic heterocycles. The van der Waals surface area contributed by atoms with E-state index < -0.39 is 11.6 Å². The first-order valence-corrected chi connectivity index (χ1v) is 7.60. The number of aliphatic imine (C=N–C) groups is 1. The van der Waals surface area contributed by atoms with Crippen molar-refractivity contribution < 1.29 is 13.5 Å². The van der Waals surface area contributed by atoms with E-state index in [4.69, 9.17) is 10.5 Å². The summed E-state index contributed by atoms with van der Waals surface area (Å²) < 4.78 is 31.9. The third kappa shape index (κ3) is 6.24. The van der Waals surface area contributed by atoms with Gasteiger partial charge in [-0.05, 0) is 17.7 Å². The lowest BCUT2D eigenvalue weighted by Crippen LogP contribution is -2.24. The van der Waals surface area contributed by atoms with Crippen LogP contribution in [0.15, 0.2) is 47.5 Å². The van der Waals surface area contributed by atoms with E-state index in [2.05, 4.69) is 10.3 Å². The van der Waals surface area contributed by atoms with E-state index in [9.17, 15) is 8.78 Å². The monoisotopic (exact) mass is 461 g/mol. The van der Waals surface area contributed by atoms with Crippen LogP contribution in [0.2, 0.25) is 0 Å². The quantitative estimate of drug-likeness (QED) is 0.384. The first kappa shape index (κ1) is 21.3. The SMILES string of the molecule is COCc1ccccc1NC(N)=NCC(C)c1ccc(F)cc1F.I. The second-order valence-corrected chi connectivity index (χ2v) is 5.51. The normalized spacial score (nSPS) is 12.4. The lowest BCUT2D eigenvalue weighted by molar-refractivity contribution is 0.185. The van der Waals surface area contributed by atoms with Gasteiger partial charge in [-0.25, -0.2) is 8.78 Å². The van der Waals surface area contributed by atoms with E-state index in [1.54, 1.807) is 7.11 Å². The molecule has 1 atom stereocenters. The molecule has 136 valence electrons. The molecule has 0 saturated carbocycles. The summed E-state index contributed by atoms with van der Waals surface area (Å²) in [5, 5.41) is 3.02. The van der Waals surface area contributed by atoms with Crippen LogP contribution in [-0.4, -0.2) is 19.6 Å². The number of guanidine groups is 1. The maximum Gasteiger partial charge on any atom is 0.193 e. The molecule has 2 aromatic rings. The van der Waals surface area contributed by atoms with Crippen LogP contribution in [0.3, 0.4) is 0 Å². The van der Waals surface area contributed by atoms with Gasteiger partial charge in [0, 0.05) is 36.9 Å². The largest absolute Gasteiger partial charge is 0.380 e. The standard InChI is InChI=1S/C18H21F2N3O.HI/c1-12(15-8-7-14(19)9-16(15)20)10-22-18(21)23-17-6-4-3-5-13(17)11-24-2;/h3-9,12H,10-11H2,1-2H3,(H3,21,22,23);1H. The van der Waals surface area contributed by atoms with E-state index in [1.807, 2.05) is 31.2 Å². The van der Waals surface area contributed by atoms with Crippen LogP contribution in [-0.2, 0) is 11.3 Å². The van der Waals surface area contributed by atoms with Crippen LogP contribution in [0.1, 0.15) is 24.0 Å². The average Bonchev–Trinajstić information content (AvgIpc) is 2.55. The highest BCUT2D eigenvalue weighted by molar-refractivity contribution is 14.0. The number of nitrogens with one attached hydrogen (secondary N) is 1. The molecule has 0 fully saturated rings. The molecule has 0 aliphatic rings. The molecule has 4 nitrogen and oxygen atoms in total. The van der Waals surface area contributed by atoms with E-state index >= 15 is 0 Å². The molecule has 0 bridgehead atoms. The molecule has 0 saturated heterocycles. The molecule has 1 unspecified atom stereocenters. The Kier molecular flexibility index (Phi) is 8.77. The molecule has 2 rings (SSSR count). The Morgan fingerprint density at radius 3 is 2.64 bits per heavy atom. The van der Waals surface area contributed by atoms with Crippen molar-refractivity contribution >= 4 is 35.6 Å². The van der Waals surface area contributed by atoms with Gasteiger partial charge in [-0.15, -0.1) is 24.0 Å². The number of hydrogen-bond donors (Lipinski definition) is 2. The fourth-order valence-corrected chi connectivity index (χ4v) is 2.34. The van der Waals surface area contributed by atoms with E-state index in [0.717, 1.165) is 17.3 Å². The Bertz CT molecular complexity index is 725. The topological polar surface area (TPSA) is 59.6 Å². The third-order valence-electron chi connectivity index (χ3n) is 3.61. The number of halogens is 3. The number of rotatable bonds is 6. The summed E-state index contributed by atoms with van der Waals surface area (Å²) in [6, 6.07) is 11.1. The molecule has 25 heavy (non-hydrogen) atoms. The van der Waals surface area contributed by atoms with Gasteiger partial charge in [0.2, 0.25) is 0 Å². The molecular weight excluding hydrogens is 439 g/mol. The average molecular weight is 461 g/mol. The van der Waals surface area contributed by atoms with Gasteiger partial charge in [0.05, 0.1) is 6.61 Å². The van der Waals surface area contributed by atoms with Crippen molar-refractivity contribution in [1.29, 1.82) is 0 Å². The number of hydrogen-bond acceptors (Lipinski definition) is 2. The first-order chi connectivity index (χ1) is 11.5. The highest BCUT2D eigenvalue weighted by atomic mass is 127. The summed E-state index contributed by atoms with van der Waals surface area (Å²) in [6.07, 6.45) is 0. The second-order valence-electron chi connectivity index (χ2n) is 5.51. The molecule has 0 radical (unpaired) electrons. The fourth-order valence-electron chi connectivity index (χ4n) is 2.34. The molecule has 0 aliphatic carbocycles. The molecule has 0 heterocycles. The summed E-state index contributed by atoms with van der Waals surface area (Å²) in [4.78, 5) is 4.24. The maximum absolute atomic E-state index is 13.8. The lowest BCUT2D eigenvalue weighted by Gasteiger charge is -2.13. The molecule has 2 aromatic carbocycles. The number of nitrogens with zero attached hydrogens (tertiary/aromatic N) is 1. The highest BCUT2D eigenvalue weighted by Gasteiger charge is 2.11. The van der Waals surface area contributed by atoms with E-state index in [-0.39, 0.29) is 42.4 Å². The van der Waals surface area contributed by atoms with Crippen molar-refractivity contribution in [2.24, 2.45) is 10.7 Å². The predicted octanol–water partition coefficient (Wildman–Crippen LogP) is 4.26. The predicted molar refractivity (Wildman–Crippen MR) is 107 cm³/mol. The Labute approximate surface area is 163 Å². The van der Waals surface area contributed by atoms with Gasteiger partial charge >= 0.3 is 0 Å². The van der Waals surface area contributed by atoms with Crippen molar-refractivity contribution in [1.82, 2.24) is 0 Å². The van der Waals surface area contributed by atoms with E-state index in [1.165, 1.54) is 12.1 Å². The lowest BCUT2D eigenvalue weighted by atomic mass is 10.0. The second kappa shape index (κ2) is 10.3. The van der Waals surface area contributed by atoms with Crippen LogP contribution in [0.4, 0.5) is 14.5 Å². The minimum absolute atomic E-state index is 0. The third-order valence-corrected chi connectivity index (χ3v) is 3.61. The minimum atomic E-state index is -0.595. The summed E-state index contributed by atoms with van der Waals surface area (Å²) >= 11 is 0. The number of anilines is 1. The zero-order valence-electron chi connectivity index (χ0n) is 14.1. The number of nitrogens with two attached hydrogens (primary N) is 1. The van der Waals surface area contributed by atoms with Gasteiger partial charge in [0.1, 0.15) is 11.6 Å². The summed E-state index contributed by atoms with van der Waals surface area (Å²) in [6.45, 7) is 2.55. The van der Waals surface area contributed by atoms with Crippen LogP contribution < -0.4 is 11.1 Å². The van der Waals surface area contributed by atoms with Gasteiger partial charge in [0.25, 0.3) is 0 Å². The number of ether oxygens (including phenoxy) is 1. The number of benzene rings is 2. The van der Waals surface area contributed by atoms with Gasteiger partial charge in [0.15, 0.2) is 5.96 Å². The number of methoxy groups -OCH3 is 1. The fraction of sp³-hybridized carbons (Fsp3) is 0.278. The Balaban J connectivity index is 0.00000312. The van der Waals surface area contributed by atoms with Gasteiger partial charge in [-0.2, -0.15) is 0 Å². The summed E-state index contributed by atoms with van der Waals surface area (Å²) in [5.41, 5.74) is 8.07. The van der Waals surface area contributed by atoms with Crippen molar-refractivity contribution in [2.45, 2.75) is 19.4 Å². The number of para-hydroxylation sites is 1. The first-order valence-electron chi connectivity index (χ1n) is 7.60. The molecule has 0 aliphatic heterocycles. The molecular formula is C18H22F2IN3O. The van der Waals surface area contributed by atoms with Crippen molar-refractivity contribution in [3.8, 4) is 0 Å². The van der Waals surface area contributed by atoms with Gasteiger partial charge in [-0.1, -0.05) is 31.2 Å². The van der Waals surface area contributed by atoms with Crippen molar-refractivity contribution in [3.63, 3.8) is 0 Å². The Hall–Kier alpha value is -1.74. The highest BCUT2D eigenvalue weighted by Crippen LogP contribution is 2.20. The van der Waals surface area contributed by atoms with Gasteiger partial charge < -0.3 is 15.8 Å². The van der Waals surface area contributed by atoms with Crippen LogP contribution in [0.5, 0.6) is 0 Å². The van der Waals surface area contributed by atoms with E-state index in [0.29, 0.717) is 12.2 Å². The van der Waals surface area contributed by atoms with Crippen molar-refractivity contribution in [2.75, 3.05) is 19.0 Å². The molecule has 0 amide bonds. The minimum Gasteiger partial charge on any atom is -0.380 e. The van der Waals surface area contributed by atoms with Crippen molar-refractivity contribution in [3.05, 3.63) is 65.2 Å².